The fourth-order valence-electron chi connectivity index (χ4n) is 3.25. The van der Waals surface area contributed by atoms with Crippen LogP contribution < -0.4 is 15.0 Å². The Bertz CT molecular complexity index is 1300. The molecule has 4 aromatic rings. The Morgan fingerprint density at radius 3 is 2.56 bits per heavy atom. The molecule has 4 rings (SSSR count). The van der Waals surface area contributed by atoms with E-state index in [-0.39, 0.29) is 11.5 Å². The number of methoxy groups -OCH3 is 2. The Morgan fingerprint density at radius 1 is 1.06 bits per heavy atom. The molecule has 166 valence electrons. The number of para-hydroxylation sites is 1. The standard InChI is InChI=1S/C23H24N4O4S/c1-14(2)21-25-20(31-26-21)13-32-23-24-17-8-6-5-7-16(17)22(28)27(23)12-15-9-10-18(29-3)19(11-15)30-4/h5-11,14H,12-13H2,1-4H3. The summed E-state index contributed by atoms with van der Waals surface area (Å²) < 4.78 is 17.7. The highest BCUT2D eigenvalue weighted by molar-refractivity contribution is 7.98. The highest BCUT2D eigenvalue weighted by Gasteiger charge is 2.16. The second kappa shape index (κ2) is 9.44. The molecule has 0 bridgehead atoms. The van der Waals surface area contributed by atoms with E-state index in [2.05, 4.69) is 10.1 Å². The van der Waals surface area contributed by atoms with Crippen molar-refractivity contribution >= 4 is 22.7 Å². The minimum absolute atomic E-state index is 0.110. The van der Waals surface area contributed by atoms with Crippen molar-refractivity contribution < 1.29 is 14.0 Å². The summed E-state index contributed by atoms with van der Waals surface area (Å²) in [4.78, 5) is 22.5. The Labute approximate surface area is 189 Å². The van der Waals surface area contributed by atoms with Crippen LogP contribution in [0.25, 0.3) is 10.9 Å². The Hall–Kier alpha value is -3.33. The molecule has 0 saturated heterocycles. The molecule has 0 amide bonds. The van der Waals surface area contributed by atoms with Gasteiger partial charge >= 0.3 is 0 Å². The van der Waals surface area contributed by atoms with E-state index in [0.717, 1.165) is 5.56 Å². The molecular formula is C23H24N4O4S. The SMILES string of the molecule is COc1ccc(Cn2c(SCc3nc(C(C)C)no3)nc3ccccc3c2=O)cc1OC. The molecule has 0 spiro atoms. The summed E-state index contributed by atoms with van der Waals surface area (Å²) >= 11 is 1.39. The molecule has 0 N–H and O–H groups in total. The molecule has 0 saturated carbocycles. The van der Waals surface area contributed by atoms with Crippen LogP contribution in [0, 0.1) is 0 Å². The van der Waals surface area contributed by atoms with Gasteiger partial charge in [0, 0.05) is 5.92 Å². The molecule has 0 radical (unpaired) electrons. The van der Waals surface area contributed by atoms with E-state index >= 15 is 0 Å². The van der Waals surface area contributed by atoms with Gasteiger partial charge in [0.2, 0.25) is 5.89 Å². The van der Waals surface area contributed by atoms with Gasteiger partial charge in [-0.05, 0) is 29.8 Å². The van der Waals surface area contributed by atoms with E-state index < -0.39 is 0 Å². The smallest absolute Gasteiger partial charge is 0.262 e. The maximum atomic E-state index is 13.3. The lowest BCUT2D eigenvalue weighted by molar-refractivity contribution is 0.354. The lowest BCUT2D eigenvalue weighted by atomic mass is 10.2. The van der Waals surface area contributed by atoms with Gasteiger partial charge in [-0.1, -0.05) is 49.0 Å². The van der Waals surface area contributed by atoms with Crippen LogP contribution in [0.3, 0.4) is 0 Å². The number of ether oxygens (including phenoxy) is 2. The van der Waals surface area contributed by atoms with E-state index in [9.17, 15) is 4.79 Å². The number of hydrogen-bond donors (Lipinski definition) is 0. The van der Waals surface area contributed by atoms with E-state index in [0.29, 0.717) is 51.6 Å². The van der Waals surface area contributed by atoms with Crippen LogP contribution in [-0.2, 0) is 12.3 Å². The average molecular weight is 453 g/mol. The second-order valence-electron chi connectivity index (χ2n) is 7.48. The van der Waals surface area contributed by atoms with Crippen molar-refractivity contribution in [2.24, 2.45) is 0 Å². The fourth-order valence-corrected chi connectivity index (χ4v) is 4.08. The van der Waals surface area contributed by atoms with Crippen molar-refractivity contribution in [2.75, 3.05) is 14.2 Å². The molecule has 8 nitrogen and oxygen atoms in total. The number of nitrogens with zero attached hydrogens (tertiary/aromatic N) is 4. The highest BCUT2D eigenvalue weighted by Crippen LogP contribution is 2.29. The van der Waals surface area contributed by atoms with Gasteiger partial charge in [-0.15, -0.1) is 0 Å². The Kier molecular flexibility index (Phi) is 6.45. The molecule has 0 atom stereocenters. The maximum absolute atomic E-state index is 13.3. The summed E-state index contributed by atoms with van der Waals surface area (Å²) in [5.74, 6) is 2.99. The third kappa shape index (κ3) is 4.47. The zero-order valence-electron chi connectivity index (χ0n) is 18.4. The van der Waals surface area contributed by atoms with Gasteiger partial charge in [0.1, 0.15) is 0 Å². The minimum Gasteiger partial charge on any atom is -0.493 e. The summed E-state index contributed by atoms with van der Waals surface area (Å²) in [7, 11) is 3.18. The maximum Gasteiger partial charge on any atom is 0.262 e. The van der Waals surface area contributed by atoms with Crippen LogP contribution in [0.15, 0.2) is 56.9 Å². The minimum atomic E-state index is -0.110. The van der Waals surface area contributed by atoms with Crippen LogP contribution in [0.5, 0.6) is 11.5 Å². The zero-order chi connectivity index (χ0) is 22.7. The van der Waals surface area contributed by atoms with Crippen molar-refractivity contribution in [1.82, 2.24) is 19.7 Å². The molecule has 2 heterocycles. The van der Waals surface area contributed by atoms with Gasteiger partial charge in [0.25, 0.3) is 5.56 Å². The number of benzene rings is 2. The van der Waals surface area contributed by atoms with Gasteiger partial charge in [-0.2, -0.15) is 4.98 Å². The van der Waals surface area contributed by atoms with Gasteiger partial charge in [-0.25, -0.2) is 4.98 Å². The molecule has 0 unspecified atom stereocenters. The lowest BCUT2D eigenvalue weighted by Gasteiger charge is -2.14. The van der Waals surface area contributed by atoms with E-state index in [4.69, 9.17) is 19.0 Å². The van der Waals surface area contributed by atoms with Crippen molar-refractivity contribution in [3.05, 3.63) is 70.1 Å². The summed E-state index contributed by atoms with van der Waals surface area (Å²) in [5, 5.41) is 5.15. The summed E-state index contributed by atoms with van der Waals surface area (Å²) in [6.07, 6.45) is 0. The van der Waals surface area contributed by atoms with Crippen LogP contribution in [-0.4, -0.2) is 33.9 Å². The Balaban J connectivity index is 1.71. The summed E-state index contributed by atoms with van der Waals surface area (Å²) in [6.45, 7) is 4.35. The molecule has 0 aliphatic rings. The predicted octanol–water partition coefficient (Wildman–Crippen LogP) is 4.26. The highest BCUT2D eigenvalue weighted by atomic mass is 32.2. The van der Waals surface area contributed by atoms with Crippen molar-refractivity contribution in [2.45, 2.75) is 37.2 Å². The topological polar surface area (TPSA) is 92.3 Å². The molecule has 2 aromatic carbocycles. The number of fused-ring (bicyclic) bond motifs is 1. The summed E-state index contributed by atoms with van der Waals surface area (Å²) in [6, 6.07) is 12.9. The van der Waals surface area contributed by atoms with Gasteiger partial charge < -0.3 is 14.0 Å². The van der Waals surface area contributed by atoms with Crippen molar-refractivity contribution in [3.8, 4) is 11.5 Å². The largest absolute Gasteiger partial charge is 0.493 e. The molecule has 2 aromatic heterocycles. The zero-order valence-corrected chi connectivity index (χ0v) is 19.2. The van der Waals surface area contributed by atoms with Gasteiger partial charge in [0.05, 0.1) is 37.4 Å². The number of hydrogen-bond acceptors (Lipinski definition) is 8. The first-order valence-electron chi connectivity index (χ1n) is 10.2. The second-order valence-corrected chi connectivity index (χ2v) is 8.42. The summed E-state index contributed by atoms with van der Waals surface area (Å²) in [5.41, 5.74) is 1.43. The van der Waals surface area contributed by atoms with Crippen molar-refractivity contribution in [3.63, 3.8) is 0 Å². The van der Waals surface area contributed by atoms with E-state index in [1.165, 1.54) is 11.8 Å². The van der Waals surface area contributed by atoms with E-state index in [1.807, 2.05) is 50.2 Å². The molecule has 32 heavy (non-hydrogen) atoms. The molecule has 0 fully saturated rings. The van der Waals surface area contributed by atoms with Crippen molar-refractivity contribution in [1.29, 1.82) is 0 Å². The van der Waals surface area contributed by atoms with E-state index in [1.54, 1.807) is 24.9 Å². The lowest BCUT2D eigenvalue weighted by Crippen LogP contribution is -2.24. The van der Waals surface area contributed by atoms with Crippen LogP contribution >= 0.6 is 11.8 Å². The molecule has 9 heteroatoms. The van der Waals surface area contributed by atoms with Gasteiger partial charge in [-0.3, -0.25) is 9.36 Å². The third-order valence-corrected chi connectivity index (χ3v) is 5.90. The molecule has 0 aliphatic carbocycles. The predicted molar refractivity (Wildman–Crippen MR) is 123 cm³/mol. The third-order valence-electron chi connectivity index (χ3n) is 4.94. The van der Waals surface area contributed by atoms with Crippen LogP contribution in [0.1, 0.15) is 37.0 Å². The monoisotopic (exact) mass is 452 g/mol. The van der Waals surface area contributed by atoms with Crippen LogP contribution in [0.4, 0.5) is 0 Å². The number of aromatic nitrogens is 4. The molecule has 0 aliphatic heterocycles. The quantitative estimate of drug-likeness (QED) is 0.289. The fraction of sp³-hybridized carbons (Fsp3) is 0.304. The normalized spacial score (nSPS) is 11.3. The first-order valence-corrected chi connectivity index (χ1v) is 11.1. The number of thioether (sulfide) groups is 1. The van der Waals surface area contributed by atoms with Gasteiger partial charge in [0.15, 0.2) is 22.5 Å². The first kappa shape index (κ1) is 21.9. The van der Waals surface area contributed by atoms with Crippen LogP contribution in [0.2, 0.25) is 0 Å². The average Bonchev–Trinajstić information content (AvgIpc) is 3.29. The number of rotatable bonds is 8. The first-order chi connectivity index (χ1) is 15.5. The Morgan fingerprint density at radius 2 is 1.84 bits per heavy atom. The molecular weight excluding hydrogens is 428 g/mol.